The molecule has 9 heteroatoms. The summed E-state index contributed by atoms with van der Waals surface area (Å²) in [5.74, 6) is -2.66. The van der Waals surface area contributed by atoms with Crippen molar-refractivity contribution >= 4 is 11.9 Å². The molecule has 128 valence electrons. The molecule has 0 spiro atoms. The first kappa shape index (κ1) is 17.3. The largest absolute Gasteiger partial charge is 0.481 e. The number of H-pyrrole nitrogens is 1. The highest BCUT2D eigenvalue weighted by Gasteiger charge is 2.64. The molecule has 1 aliphatic heterocycles. The zero-order chi connectivity index (χ0) is 17.6. The Bertz CT molecular complexity index is 633. The van der Waals surface area contributed by atoms with E-state index in [2.05, 4.69) is 10.2 Å². The fraction of sp³-hybridized carbons (Fsp3) is 0.643. The molecule has 1 fully saturated rings. The fourth-order valence-electron chi connectivity index (χ4n) is 2.49. The van der Waals surface area contributed by atoms with Gasteiger partial charge in [0.1, 0.15) is 5.69 Å². The van der Waals surface area contributed by atoms with Crippen LogP contribution in [0.15, 0.2) is 6.07 Å². The van der Waals surface area contributed by atoms with Crippen molar-refractivity contribution in [1.82, 2.24) is 15.1 Å². The van der Waals surface area contributed by atoms with Crippen molar-refractivity contribution in [1.29, 1.82) is 0 Å². The molecule has 0 aromatic carbocycles. The van der Waals surface area contributed by atoms with Gasteiger partial charge in [-0.3, -0.25) is 14.7 Å². The zero-order valence-electron chi connectivity index (χ0n) is 13.0. The number of carboxylic acid groups (broad SMARTS) is 1. The van der Waals surface area contributed by atoms with Crippen LogP contribution in [-0.2, 0) is 10.2 Å². The van der Waals surface area contributed by atoms with Gasteiger partial charge in [-0.25, -0.2) is 0 Å². The molecule has 1 atom stereocenters. The van der Waals surface area contributed by atoms with Crippen LogP contribution in [0.5, 0.6) is 0 Å². The summed E-state index contributed by atoms with van der Waals surface area (Å²) in [5.41, 5.74) is -2.56. The SMILES string of the molecule is CC(C)(C)c1cc(C(=O)N2CCC(C(=O)O)(C(F)(F)F)C2)n[nH]1. The third-order valence-electron chi connectivity index (χ3n) is 4.11. The predicted molar refractivity (Wildman–Crippen MR) is 73.9 cm³/mol. The van der Waals surface area contributed by atoms with E-state index in [9.17, 15) is 22.8 Å². The van der Waals surface area contributed by atoms with E-state index in [1.165, 1.54) is 6.07 Å². The molecule has 6 nitrogen and oxygen atoms in total. The minimum atomic E-state index is -4.92. The minimum Gasteiger partial charge on any atom is -0.481 e. The van der Waals surface area contributed by atoms with E-state index in [0.29, 0.717) is 5.69 Å². The lowest BCUT2D eigenvalue weighted by molar-refractivity contribution is -0.227. The average Bonchev–Trinajstić information content (AvgIpc) is 3.04. The normalized spacial score (nSPS) is 22.4. The lowest BCUT2D eigenvalue weighted by Crippen LogP contribution is -2.47. The van der Waals surface area contributed by atoms with E-state index in [0.717, 1.165) is 4.90 Å². The molecular formula is C14H18F3N3O3. The number of rotatable bonds is 2. The van der Waals surface area contributed by atoms with Crippen LogP contribution in [0.4, 0.5) is 13.2 Å². The minimum absolute atomic E-state index is 0.0155. The number of aromatic nitrogens is 2. The van der Waals surface area contributed by atoms with Crippen LogP contribution in [-0.4, -0.2) is 51.3 Å². The Hall–Kier alpha value is -2.06. The second-order valence-corrected chi connectivity index (χ2v) is 6.78. The Kier molecular flexibility index (Phi) is 3.94. The molecule has 1 aliphatic rings. The van der Waals surface area contributed by atoms with E-state index >= 15 is 0 Å². The number of alkyl halides is 3. The molecule has 0 bridgehead atoms. The van der Waals surface area contributed by atoms with Gasteiger partial charge in [0.25, 0.3) is 5.91 Å². The van der Waals surface area contributed by atoms with Crippen molar-refractivity contribution in [2.45, 2.75) is 38.8 Å². The van der Waals surface area contributed by atoms with Gasteiger partial charge in [-0.2, -0.15) is 18.3 Å². The van der Waals surface area contributed by atoms with E-state index in [1.54, 1.807) is 0 Å². The van der Waals surface area contributed by atoms with Gasteiger partial charge >= 0.3 is 12.1 Å². The third-order valence-corrected chi connectivity index (χ3v) is 4.11. The van der Waals surface area contributed by atoms with Gasteiger partial charge in [-0.05, 0) is 12.5 Å². The molecule has 1 amide bonds. The van der Waals surface area contributed by atoms with Gasteiger partial charge in [0.05, 0.1) is 0 Å². The second-order valence-electron chi connectivity index (χ2n) is 6.78. The molecule has 23 heavy (non-hydrogen) atoms. The van der Waals surface area contributed by atoms with Crippen LogP contribution in [0, 0.1) is 5.41 Å². The molecule has 0 aliphatic carbocycles. The Labute approximate surface area is 130 Å². The maximum atomic E-state index is 13.1. The van der Waals surface area contributed by atoms with E-state index in [4.69, 9.17) is 5.11 Å². The van der Waals surface area contributed by atoms with Crippen molar-refractivity contribution in [3.8, 4) is 0 Å². The van der Waals surface area contributed by atoms with Gasteiger partial charge in [0.2, 0.25) is 0 Å². The Morgan fingerprint density at radius 3 is 2.35 bits per heavy atom. The highest BCUT2D eigenvalue weighted by molar-refractivity contribution is 5.93. The summed E-state index contributed by atoms with van der Waals surface area (Å²) in [7, 11) is 0. The number of hydrogen-bond acceptors (Lipinski definition) is 3. The molecule has 1 unspecified atom stereocenters. The number of aliphatic carboxylic acids is 1. The summed E-state index contributed by atoms with van der Waals surface area (Å²) in [4.78, 5) is 24.3. The first-order chi connectivity index (χ1) is 10.4. The van der Waals surface area contributed by atoms with Crippen molar-refractivity contribution in [2.75, 3.05) is 13.1 Å². The summed E-state index contributed by atoms with van der Waals surface area (Å²) in [6.07, 6.45) is -5.58. The Morgan fingerprint density at radius 1 is 1.35 bits per heavy atom. The van der Waals surface area contributed by atoms with Crippen LogP contribution in [0.2, 0.25) is 0 Å². The summed E-state index contributed by atoms with van der Waals surface area (Å²) in [6, 6.07) is 1.48. The molecular weight excluding hydrogens is 315 g/mol. The number of likely N-dealkylation sites (tertiary alicyclic amines) is 1. The van der Waals surface area contributed by atoms with Crippen LogP contribution in [0.25, 0.3) is 0 Å². The number of nitrogens with one attached hydrogen (secondary N) is 1. The van der Waals surface area contributed by atoms with Gasteiger partial charge in [0.15, 0.2) is 5.41 Å². The van der Waals surface area contributed by atoms with Crippen molar-refractivity contribution in [3.63, 3.8) is 0 Å². The standard InChI is InChI=1S/C14H18F3N3O3/c1-12(2,3)9-6-8(18-19-9)10(21)20-5-4-13(7-20,11(22)23)14(15,16)17/h6H,4-5,7H2,1-3H3,(H,18,19)(H,22,23). The van der Waals surface area contributed by atoms with E-state index < -0.39 is 36.4 Å². The number of hydrogen-bond donors (Lipinski definition) is 2. The average molecular weight is 333 g/mol. The summed E-state index contributed by atoms with van der Waals surface area (Å²) < 4.78 is 39.4. The van der Waals surface area contributed by atoms with Crippen molar-refractivity contribution in [2.24, 2.45) is 5.41 Å². The lowest BCUT2D eigenvalue weighted by atomic mass is 9.86. The van der Waals surface area contributed by atoms with E-state index in [1.807, 2.05) is 20.8 Å². The molecule has 2 heterocycles. The van der Waals surface area contributed by atoms with Gasteiger partial charge in [-0.1, -0.05) is 20.8 Å². The first-order valence-corrected chi connectivity index (χ1v) is 7.04. The van der Waals surface area contributed by atoms with Crippen molar-refractivity contribution in [3.05, 3.63) is 17.5 Å². The summed E-state index contributed by atoms with van der Waals surface area (Å²) in [6.45, 7) is 4.50. The quantitative estimate of drug-likeness (QED) is 0.868. The van der Waals surface area contributed by atoms with Gasteiger partial charge < -0.3 is 10.0 Å². The zero-order valence-corrected chi connectivity index (χ0v) is 13.0. The fourth-order valence-corrected chi connectivity index (χ4v) is 2.49. The highest BCUT2D eigenvalue weighted by atomic mass is 19.4. The number of halogens is 3. The predicted octanol–water partition coefficient (Wildman–Crippen LogP) is 2.19. The smallest absolute Gasteiger partial charge is 0.406 e. The topological polar surface area (TPSA) is 86.3 Å². The van der Waals surface area contributed by atoms with Crippen molar-refractivity contribution < 1.29 is 27.9 Å². The van der Waals surface area contributed by atoms with Gasteiger partial charge in [-0.15, -0.1) is 0 Å². The number of carboxylic acids is 1. The van der Waals surface area contributed by atoms with Crippen LogP contribution in [0.1, 0.15) is 43.4 Å². The molecule has 2 rings (SSSR count). The number of aromatic amines is 1. The molecule has 0 radical (unpaired) electrons. The Balaban J connectivity index is 2.23. The maximum absolute atomic E-state index is 13.1. The maximum Gasteiger partial charge on any atom is 0.406 e. The number of amides is 1. The second kappa shape index (κ2) is 5.24. The van der Waals surface area contributed by atoms with Crippen LogP contribution in [0.3, 0.4) is 0 Å². The molecule has 1 saturated heterocycles. The third kappa shape index (κ3) is 2.91. The molecule has 0 saturated carbocycles. The van der Waals surface area contributed by atoms with E-state index in [-0.39, 0.29) is 17.7 Å². The molecule has 2 N–H and O–H groups in total. The first-order valence-electron chi connectivity index (χ1n) is 7.04. The van der Waals surface area contributed by atoms with Crippen LogP contribution >= 0.6 is 0 Å². The summed E-state index contributed by atoms with van der Waals surface area (Å²) >= 11 is 0. The number of nitrogens with zero attached hydrogens (tertiary/aromatic N) is 2. The molecule has 1 aromatic heterocycles. The van der Waals surface area contributed by atoms with Crippen LogP contribution < -0.4 is 0 Å². The molecule has 1 aromatic rings. The monoisotopic (exact) mass is 333 g/mol. The summed E-state index contributed by atoms with van der Waals surface area (Å²) in [5, 5.41) is 15.5. The Morgan fingerprint density at radius 2 is 1.96 bits per heavy atom. The number of carbonyl (C=O) groups is 2. The lowest BCUT2D eigenvalue weighted by Gasteiger charge is -2.27. The van der Waals surface area contributed by atoms with Gasteiger partial charge in [0, 0.05) is 24.2 Å². The number of carbonyl (C=O) groups excluding carboxylic acids is 1. The highest BCUT2D eigenvalue weighted by Crippen LogP contribution is 2.46.